The molecule has 0 amide bonds. The molecule has 1 aliphatic heterocycles. The zero-order valence-corrected chi connectivity index (χ0v) is 7.42. The summed E-state index contributed by atoms with van der Waals surface area (Å²) < 4.78 is 39.9. The maximum Gasteiger partial charge on any atom is 0.451 e. The van der Waals surface area contributed by atoms with E-state index in [1.165, 1.54) is 0 Å². The fraction of sp³-hybridized carbons (Fsp3) is 0.375. The molecule has 0 aliphatic carbocycles. The van der Waals surface area contributed by atoms with Crippen molar-refractivity contribution in [3.05, 3.63) is 11.6 Å². The SMILES string of the molecule is CC1=CC(=O)OC(=O)C1C(=O)C(F)(F)F. The van der Waals surface area contributed by atoms with E-state index in [9.17, 15) is 27.6 Å². The van der Waals surface area contributed by atoms with Crippen LogP contribution in [0.2, 0.25) is 0 Å². The number of halogens is 3. The van der Waals surface area contributed by atoms with Crippen LogP contribution in [0.3, 0.4) is 0 Å². The Kier molecular flexibility index (Phi) is 2.65. The van der Waals surface area contributed by atoms with Crippen molar-refractivity contribution in [3.8, 4) is 0 Å². The average molecular weight is 222 g/mol. The van der Waals surface area contributed by atoms with Crippen LogP contribution in [0, 0.1) is 5.92 Å². The molecule has 82 valence electrons. The van der Waals surface area contributed by atoms with E-state index in [1.807, 2.05) is 0 Å². The van der Waals surface area contributed by atoms with Gasteiger partial charge in [-0.1, -0.05) is 0 Å². The molecule has 4 nitrogen and oxygen atoms in total. The Morgan fingerprint density at radius 2 is 1.93 bits per heavy atom. The molecule has 1 aliphatic rings. The van der Waals surface area contributed by atoms with Crippen molar-refractivity contribution in [2.24, 2.45) is 5.92 Å². The van der Waals surface area contributed by atoms with Gasteiger partial charge in [-0.05, 0) is 12.5 Å². The minimum atomic E-state index is -5.13. The van der Waals surface area contributed by atoms with Gasteiger partial charge in [0, 0.05) is 6.08 Å². The molecule has 0 N–H and O–H groups in total. The highest BCUT2D eigenvalue weighted by Gasteiger charge is 2.49. The number of ether oxygens (including phenoxy) is 1. The molecule has 0 radical (unpaired) electrons. The van der Waals surface area contributed by atoms with Crippen LogP contribution >= 0.6 is 0 Å². The van der Waals surface area contributed by atoms with Gasteiger partial charge >= 0.3 is 18.1 Å². The third kappa shape index (κ3) is 2.23. The summed E-state index contributed by atoms with van der Waals surface area (Å²) in [5.74, 6) is -6.83. The van der Waals surface area contributed by atoms with Crippen LogP contribution in [0.4, 0.5) is 13.2 Å². The fourth-order valence-electron chi connectivity index (χ4n) is 1.12. The van der Waals surface area contributed by atoms with Crippen molar-refractivity contribution in [2.45, 2.75) is 13.1 Å². The molecule has 0 aromatic carbocycles. The smallest absolute Gasteiger partial charge is 0.389 e. The molecule has 0 bridgehead atoms. The lowest BCUT2D eigenvalue weighted by atomic mass is 9.93. The number of carbonyl (C=O) groups is 3. The van der Waals surface area contributed by atoms with Gasteiger partial charge in [0.25, 0.3) is 5.78 Å². The standard InChI is InChI=1S/C8H5F3O4/c1-3-2-4(12)15-7(14)5(3)6(13)8(9,10)11/h2,5H,1H3. The summed E-state index contributed by atoms with van der Waals surface area (Å²) in [6.07, 6.45) is -4.44. The second-order valence-electron chi connectivity index (χ2n) is 2.92. The van der Waals surface area contributed by atoms with Crippen molar-refractivity contribution < 1.29 is 32.3 Å². The van der Waals surface area contributed by atoms with Crippen LogP contribution in [0.5, 0.6) is 0 Å². The lowest BCUT2D eigenvalue weighted by Gasteiger charge is -2.19. The van der Waals surface area contributed by atoms with Crippen molar-refractivity contribution in [1.29, 1.82) is 0 Å². The summed E-state index contributed by atoms with van der Waals surface area (Å²) in [5, 5.41) is 0. The van der Waals surface area contributed by atoms with Gasteiger partial charge in [-0.25, -0.2) is 4.79 Å². The number of esters is 2. The Hall–Kier alpha value is -1.66. The van der Waals surface area contributed by atoms with Crippen LogP contribution in [0.25, 0.3) is 0 Å². The summed E-state index contributed by atoms with van der Waals surface area (Å²) in [4.78, 5) is 32.3. The summed E-state index contributed by atoms with van der Waals surface area (Å²) in [7, 11) is 0. The van der Waals surface area contributed by atoms with Crippen LogP contribution in [0.1, 0.15) is 6.92 Å². The molecule has 0 aromatic heterocycles. The van der Waals surface area contributed by atoms with Gasteiger partial charge in [-0.3, -0.25) is 9.59 Å². The lowest BCUT2D eigenvalue weighted by Crippen LogP contribution is -2.39. The maximum atomic E-state index is 12.0. The third-order valence-corrected chi connectivity index (χ3v) is 1.78. The number of cyclic esters (lactones) is 2. The average Bonchev–Trinajstić information content (AvgIpc) is 1.99. The third-order valence-electron chi connectivity index (χ3n) is 1.78. The number of Topliss-reactive ketones (excluding diaryl/α,β-unsaturated/α-hetero) is 1. The highest BCUT2D eigenvalue weighted by molar-refractivity contribution is 6.10. The Labute approximate surface area is 81.7 Å². The first-order chi connectivity index (χ1) is 6.73. The van der Waals surface area contributed by atoms with E-state index < -0.39 is 29.8 Å². The molecule has 0 spiro atoms. The van der Waals surface area contributed by atoms with Crippen molar-refractivity contribution in [2.75, 3.05) is 0 Å². The second-order valence-corrected chi connectivity index (χ2v) is 2.92. The first kappa shape index (κ1) is 11.4. The number of hydrogen-bond donors (Lipinski definition) is 0. The minimum Gasteiger partial charge on any atom is -0.389 e. The van der Waals surface area contributed by atoms with Gasteiger partial charge in [0.15, 0.2) is 0 Å². The Bertz CT molecular complexity index is 367. The second kappa shape index (κ2) is 3.48. The molecule has 0 fully saturated rings. The first-order valence-corrected chi connectivity index (χ1v) is 3.78. The van der Waals surface area contributed by atoms with E-state index >= 15 is 0 Å². The van der Waals surface area contributed by atoms with Crippen molar-refractivity contribution in [3.63, 3.8) is 0 Å². The van der Waals surface area contributed by atoms with E-state index in [0.29, 0.717) is 6.08 Å². The van der Waals surface area contributed by atoms with Gasteiger partial charge < -0.3 is 4.74 Å². The van der Waals surface area contributed by atoms with Gasteiger partial charge in [-0.2, -0.15) is 13.2 Å². The van der Waals surface area contributed by atoms with Crippen LogP contribution < -0.4 is 0 Å². The summed E-state index contributed by atoms with van der Waals surface area (Å²) >= 11 is 0. The molecular weight excluding hydrogens is 217 g/mol. The number of hydrogen-bond acceptors (Lipinski definition) is 4. The quantitative estimate of drug-likeness (QED) is 0.485. The normalized spacial score (nSPS) is 22.1. The molecule has 1 heterocycles. The summed E-state index contributed by atoms with van der Waals surface area (Å²) in [6.45, 7) is 1.09. The summed E-state index contributed by atoms with van der Waals surface area (Å²) in [5.41, 5.74) is -0.265. The molecule has 15 heavy (non-hydrogen) atoms. The predicted octanol–water partition coefficient (Wildman–Crippen LogP) is 0.764. The van der Waals surface area contributed by atoms with Gasteiger partial charge in [0.05, 0.1) is 0 Å². The molecule has 7 heteroatoms. The Balaban J connectivity index is 3.06. The molecule has 1 rings (SSSR count). The number of alkyl halides is 3. The maximum absolute atomic E-state index is 12.0. The van der Waals surface area contributed by atoms with Crippen molar-refractivity contribution in [1.82, 2.24) is 0 Å². The summed E-state index contributed by atoms with van der Waals surface area (Å²) in [6, 6.07) is 0. The van der Waals surface area contributed by atoms with Crippen molar-refractivity contribution >= 4 is 17.7 Å². The van der Waals surface area contributed by atoms with Gasteiger partial charge in [0.2, 0.25) is 0 Å². The fourth-order valence-corrected chi connectivity index (χ4v) is 1.12. The highest BCUT2D eigenvalue weighted by atomic mass is 19.4. The monoisotopic (exact) mass is 222 g/mol. The van der Waals surface area contributed by atoms with E-state index in [0.717, 1.165) is 6.92 Å². The minimum absolute atomic E-state index is 0.265. The molecular formula is C8H5F3O4. The molecule has 1 atom stereocenters. The largest absolute Gasteiger partial charge is 0.451 e. The zero-order chi connectivity index (χ0) is 11.8. The number of rotatable bonds is 1. The van der Waals surface area contributed by atoms with E-state index in [4.69, 9.17) is 0 Å². The van der Waals surface area contributed by atoms with E-state index in [1.54, 1.807) is 0 Å². The number of ketones is 1. The van der Waals surface area contributed by atoms with Crippen LogP contribution in [-0.4, -0.2) is 23.9 Å². The Morgan fingerprint density at radius 3 is 2.33 bits per heavy atom. The Morgan fingerprint density at radius 1 is 1.40 bits per heavy atom. The van der Waals surface area contributed by atoms with Crippen LogP contribution in [-0.2, 0) is 19.1 Å². The molecule has 1 unspecified atom stereocenters. The lowest BCUT2D eigenvalue weighted by molar-refractivity contribution is -0.180. The molecule has 0 saturated heterocycles. The first-order valence-electron chi connectivity index (χ1n) is 3.78. The number of carbonyl (C=O) groups excluding carboxylic acids is 3. The molecule has 0 aromatic rings. The van der Waals surface area contributed by atoms with Gasteiger partial charge in [0.1, 0.15) is 5.92 Å². The van der Waals surface area contributed by atoms with Gasteiger partial charge in [-0.15, -0.1) is 0 Å². The predicted molar refractivity (Wildman–Crippen MR) is 39.4 cm³/mol. The highest BCUT2D eigenvalue weighted by Crippen LogP contribution is 2.28. The van der Waals surface area contributed by atoms with Crippen LogP contribution in [0.15, 0.2) is 11.6 Å². The van der Waals surface area contributed by atoms with E-state index in [2.05, 4.69) is 4.74 Å². The topological polar surface area (TPSA) is 60.4 Å². The zero-order valence-electron chi connectivity index (χ0n) is 7.42. The van der Waals surface area contributed by atoms with E-state index in [-0.39, 0.29) is 5.57 Å². The molecule has 0 saturated carbocycles.